The van der Waals surface area contributed by atoms with E-state index in [-0.39, 0.29) is 12.7 Å². The second kappa shape index (κ2) is 10.2. The molecule has 39 heavy (non-hydrogen) atoms. The van der Waals surface area contributed by atoms with Crippen molar-refractivity contribution in [2.24, 2.45) is 0 Å². The first-order chi connectivity index (χ1) is 19.0. The molecule has 3 heterocycles. The van der Waals surface area contributed by atoms with Crippen LogP contribution in [-0.4, -0.2) is 44.2 Å². The quantitative estimate of drug-likeness (QED) is 0.300. The zero-order chi connectivity index (χ0) is 27.0. The van der Waals surface area contributed by atoms with E-state index in [1.165, 1.54) is 0 Å². The number of aryl methyl sites for hydroxylation is 2. The molecule has 6 rings (SSSR count). The highest BCUT2D eigenvalue weighted by molar-refractivity contribution is 6.34. The number of benzene rings is 2. The molecule has 0 radical (unpaired) electrons. The summed E-state index contributed by atoms with van der Waals surface area (Å²) in [5.74, 6) is 0.458. The zero-order valence-corrected chi connectivity index (χ0v) is 22.4. The molecule has 10 heteroatoms. The molecule has 1 N–H and O–H groups in total. The van der Waals surface area contributed by atoms with Crippen LogP contribution in [0.25, 0.3) is 11.2 Å². The van der Waals surface area contributed by atoms with Crippen molar-refractivity contribution in [2.45, 2.75) is 31.7 Å². The average molecular weight is 543 g/mol. The number of carbonyl (C=O) groups excluding carboxylic acids is 1. The molecule has 1 aliphatic rings. The Kier molecular flexibility index (Phi) is 6.54. The number of hydrogen-bond donors (Lipinski definition) is 1. The van der Waals surface area contributed by atoms with Gasteiger partial charge in [-0.25, -0.2) is 4.52 Å². The third kappa shape index (κ3) is 4.64. The molecule has 198 valence electrons. The summed E-state index contributed by atoms with van der Waals surface area (Å²) in [5, 5.41) is 16.3. The fourth-order valence-electron chi connectivity index (χ4n) is 5.37. The second-order valence-electron chi connectivity index (χ2n) is 9.76. The number of amides is 1. The fraction of sp³-hybridized carbons (Fsp3) is 0.241. The topological polar surface area (TPSA) is 95.6 Å². The van der Waals surface area contributed by atoms with E-state index >= 15 is 0 Å². The Bertz CT molecular complexity index is 1650. The number of nitrogens with one attached hydrogen (secondary N) is 1. The van der Waals surface area contributed by atoms with E-state index < -0.39 is 5.54 Å². The lowest BCUT2D eigenvalue weighted by molar-refractivity contribution is 0.0518. The van der Waals surface area contributed by atoms with Crippen molar-refractivity contribution in [3.63, 3.8) is 0 Å². The summed E-state index contributed by atoms with van der Waals surface area (Å²) in [7, 11) is 1.60. The number of aromatic nitrogens is 5. The van der Waals surface area contributed by atoms with Crippen LogP contribution in [0.15, 0.2) is 73.4 Å². The van der Waals surface area contributed by atoms with E-state index in [1.54, 1.807) is 36.5 Å². The van der Waals surface area contributed by atoms with E-state index in [4.69, 9.17) is 26.2 Å². The lowest BCUT2D eigenvalue weighted by Gasteiger charge is -2.38. The summed E-state index contributed by atoms with van der Waals surface area (Å²) in [5.41, 5.74) is 5.48. The van der Waals surface area contributed by atoms with Gasteiger partial charge in [-0.2, -0.15) is 5.10 Å². The molecule has 0 bridgehead atoms. The van der Waals surface area contributed by atoms with Crippen molar-refractivity contribution in [1.82, 2.24) is 29.7 Å². The molecular weight excluding hydrogens is 516 g/mol. The van der Waals surface area contributed by atoms with Crippen LogP contribution in [0.1, 0.15) is 39.2 Å². The minimum absolute atomic E-state index is 0.128. The van der Waals surface area contributed by atoms with Gasteiger partial charge in [0.15, 0.2) is 6.79 Å². The van der Waals surface area contributed by atoms with Gasteiger partial charge in [0, 0.05) is 31.0 Å². The number of halogens is 1. The predicted molar refractivity (Wildman–Crippen MR) is 146 cm³/mol. The van der Waals surface area contributed by atoms with Gasteiger partial charge < -0.3 is 14.8 Å². The zero-order valence-electron chi connectivity index (χ0n) is 21.6. The Morgan fingerprint density at radius 2 is 1.92 bits per heavy atom. The lowest BCUT2D eigenvalue weighted by Crippen LogP contribution is -2.49. The monoisotopic (exact) mass is 542 g/mol. The van der Waals surface area contributed by atoms with Crippen LogP contribution in [0.2, 0.25) is 5.02 Å². The molecule has 1 unspecified atom stereocenters. The molecule has 5 aromatic rings. The number of methoxy groups -OCH3 is 1. The van der Waals surface area contributed by atoms with Crippen molar-refractivity contribution in [2.75, 3.05) is 13.9 Å². The maximum Gasteiger partial charge on any atom is 0.253 e. The SMILES string of the molecule is COCOc1cc(C)cn2nc3c(c12)CC(NC(=O)c1ccc(-n2cnnc2)cc1Cl)(c1ccccc1)CC3. The van der Waals surface area contributed by atoms with E-state index in [1.807, 2.05) is 48.0 Å². The van der Waals surface area contributed by atoms with E-state index in [9.17, 15) is 4.79 Å². The van der Waals surface area contributed by atoms with Gasteiger partial charge in [0.1, 0.15) is 23.9 Å². The van der Waals surface area contributed by atoms with Gasteiger partial charge in [-0.3, -0.25) is 9.36 Å². The highest BCUT2D eigenvalue weighted by Crippen LogP contribution is 2.41. The molecule has 2 aromatic carbocycles. The maximum absolute atomic E-state index is 13.8. The van der Waals surface area contributed by atoms with Gasteiger partial charge in [-0.1, -0.05) is 41.9 Å². The summed E-state index contributed by atoms with van der Waals surface area (Å²) in [6.45, 7) is 2.13. The summed E-state index contributed by atoms with van der Waals surface area (Å²) >= 11 is 6.62. The van der Waals surface area contributed by atoms with Crippen LogP contribution in [0.3, 0.4) is 0 Å². The molecule has 0 saturated heterocycles. The number of fused-ring (bicyclic) bond motifs is 3. The van der Waals surface area contributed by atoms with Crippen LogP contribution < -0.4 is 10.1 Å². The van der Waals surface area contributed by atoms with E-state index in [0.717, 1.165) is 33.6 Å². The van der Waals surface area contributed by atoms with Crippen LogP contribution in [0.4, 0.5) is 0 Å². The molecule has 0 fully saturated rings. The first-order valence-corrected chi connectivity index (χ1v) is 13.0. The molecule has 9 nitrogen and oxygen atoms in total. The molecular formula is C29H27ClN6O3. The summed E-state index contributed by atoms with van der Waals surface area (Å²) < 4.78 is 14.8. The number of rotatable bonds is 7. The molecule has 0 spiro atoms. The molecule has 1 atom stereocenters. The van der Waals surface area contributed by atoms with Crippen LogP contribution >= 0.6 is 11.6 Å². The number of ether oxygens (including phenoxy) is 2. The smallest absolute Gasteiger partial charge is 0.253 e. The normalized spacial score (nSPS) is 16.7. The van der Waals surface area contributed by atoms with E-state index in [0.29, 0.717) is 35.6 Å². The number of hydrogen-bond acceptors (Lipinski definition) is 6. The summed E-state index contributed by atoms with van der Waals surface area (Å²) in [6.07, 6.45) is 7.08. The minimum Gasteiger partial charge on any atom is -0.465 e. The van der Waals surface area contributed by atoms with Crippen LogP contribution in [-0.2, 0) is 23.1 Å². The van der Waals surface area contributed by atoms with E-state index in [2.05, 4.69) is 27.6 Å². The van der Waals surface area contributed by atoms with Crippen molar-refractivity contribution >= 4 is 23.0 Å². The number of pyridine rings is 1. The first-order valence-electron chi connectivity index (χ1n) is 12.6. The first kappa shape index (κ1) is 25.1. The fourth-order valence-corrected chi connectivity index (χ4v) is 5.63. The van der Waals surface area contributed by atoms with Crippen molar-refractivity contribution in [1.29, 1.82) is 0 Å². The van der Waals surface area contributed by atoms with Crippen molar-refractivity contribution < 1.29 is 14.3 Å². The van der Waals surface area contributed by atoms with Crippen molar-refractivity contribution in [3.05, 3.63) is 106 Å². The lowest BCUT2D eigenvalue weighted by atomic mass is 9.75. The Balaban J connectivity index is 1.40. The molecule has 3 aromatic heterocycles. The van der Waals surface area contributed by atoms with Crippen LogP contribution in [0, 0.1) is 6.92 Å². The van der Waals surface area contributed by atoms with Crippen LogP contribution in [0.5, 0.6) is 5.75 Å². The summed E-state index contributed by atoms with van der Waals surface area (Å²) in [4.78, 5) is 13.8. The maximum atomic E-state index is 13.8. The molecule has 1 amide bonds. The third-order valence-electron chi connectivity index (χ3n) is 7.20. The highest BCUT2D eigenvalue weighted by Gasteiger charge is 2.40. The standard InChI is InChI=1S/C29H27ClN6O3/c1-19-12-26(39-18-38-2)27-23-14-29(20-6-4-3-5-7-20,11-10-25(23)34-36(27)15-19)33-28(37)22-9-8-21(13-24(22)30)35-16-31-32-17-35/h3-9,12-13,15-17H,10-11,14,18H2,1-2H3,(H,33,37). The third-order valence-corrected chi connectivity index (χ3v) is 7.52. The predicted octanol–water partition coefficient (Wildman–Crippen LogP) is 4.67. The Hall–Kier alpha value is -4.21. The molecule has 0 saturated carbocycles. The second-order valence-corrected chi connectivity index (χ2v) is 10.2. The average Bonchev–Trinajstić information content (AvgIpc) is 3.60. The van der Waals surface area contributed by atoms with Gasteiger partial charge in [0.2, 0.25) is 0 Å². The van der Waals surface area contributed by atoms with Gasteiger partial charge in [-0.15, -0.1) is 10.2 Å². The Morgan fingerprint density at radius 3 is 2.67 bits per heavy atom. The molecule has 0 aliphatic heterocycles. The number of nitrogens with zero attached hydrogens (tertiary/aromatic N) is 5. The number of carbonyl (C=O) groups is 1. The Labute approximate surface area is 230 Å². The minimum atomic E-state index is -0.672. The van der Waals surface area contributed by atoms with Crippen molar-refractivity contribution in [3.8, 4) is 11.4 Å². The van der Waals surface area contributed by atoms with Gasteiger partial charge in [0.25, 0.3) is 5.91 Å². The van der Waals surface area contributed by atoms with Gasteiger partial charge in [0.05, 0.1) is 21.8 Å². The largest absolute Gasteiger partial charge is 0.465 e. The molecule has 1 aliphatic carbocycles. The summed E-state index contributed by atoms with van der Waals surface area (Å²) in [6, 6.07) is 17.4. The van der Waals surface area contributed by atoms with Gasteiger partial charge >= 0.3 is 0 Å². The highest BCUT2D eigenvalue weighted by atomic mass is 35.5. The Morgan fingerprint density at radius 1 is 1.13 bits per heavy atom. The van der Waals surface area contributed by atoms with Gasteiger partial charge in [-0.05, 0) is 55.2 Å².